The number of esters is 1. The van der Waals surface area contributed by atoms with Gasteiger partial charge in [0.15, 0.2) is 0 Å². The van der Waals surface area contributed by atoms with Crippen LogP contribution in [0, 0.1) is 6.92 Å². The zero-order valence-corrected chi connectivity index (χ0v) is 8.54. The number of anilines is 1. The number of nitrogens with one attached hydrogen (secondary N) is 1. The molecular formula is C11H15NO2. The first-order chi connectivity index (χ1) is 6.72. The zero-order valence-electron chi connectivity index (χ0n) is 8.54. The van der Waals surface area contributed by atoms with Crippen molar-refractivity contribution in [3.05, 3.63) is 29.8 Å². The summed E-state index contributed by atoms with van der Waals surface area (Å²) in [5, 5.41) is 3.00. The second-order valence-corrected chi connectivity index (χ2v) is 3.03. The highest BCUT2D eigenvalue weighted by molar-refractivity contribution is 5.74. The van der Waals surface area contributed by atoms with Crippen molar-refractivity contribution in [1.82, 2.24) is 0 Å². The minimum absolute atomic E-state index is 0.220. The van der Waals surface area contributed by atoms with Gasteiger partial charge in [-0.25, -0.2) is 0 Å². The second-order valence-electron chi connectivity index (χ2n) is 3.03. The topological polar surface area (TPSA) is 38.3 Å². The summed E-state index contributed by atoms with van der Waals surface area (Å²) in [6.45, 7) is 4.45. The summed E-state index contributed by atoms with van der Waals surface area (Å²) in [4.78, 5) is 11.0. The maximum absolute atomic E-state index is 11.0. The maximum atomic E-state index is 11.0. The number of benzene rings is 1. The van der Waals surface area contributed by atoms with Crippen molar-refractivity contribution in [2.45, 2.75) is 13.8 Å². The molecule has 14 heavy (non-hydrogen) atoms. The predicted octanol–water partition coefficient (Wildman–Crippen LogP) is 1.97. The maximum Gasteiger partial charge on any atom is 0.325 e. The van der Waals surface area contributed by atoms with Gasteiger partial charge < -0.3 is 10.1 Å². The van der Waals surface area contributed by atoms with Crippen LogP contribution in [0.2, 0.25) is 0 Å². The van der Waals surface area contributed by atoms with Crippen molar-refractivity contribution >= 4 is 11.7 Å². The predicted molar refractivity (Wildman–Crippen MR) is 56.3 cm³/mol. The number of carbonyl (C=O) groups is 1. The molecule has 0 saturated heterocycles. The van der Waals surface area contributed by atoms with Gasteiger partial charge in [0, 0.05) is 5.69 Å². The van der Waals surface area contributed by atoms with Gasteiger partial charge in [-0.05, 0) is 31.5 Å². The minimum Gasteiger partial charge on any atom is -0.465 e. The van der Waals surface area contributed by atoms with Gasteiger partial charge in [-0.3, -0.25) is 4.79 Å². The number of ether oxygens (including phenoxy) is 1. The van der Waals surface area contributed by atoms with E-state index in [4.69, 9.17) is 4.74 Å². The Morgan fingerprint density at radius 1 is 1.50 bits per heavy atom. The monoisotopic (exact) mass is 193 g/mol. The molecule has 0 spiro atoms. The molecule has 0 amide bonds. The van der Waals surface area contributed by atoms with Gasteiger partial charge in [0.2, 0.25) is 0 Å². The Bertz CT molecular complexity index is 310. The molecule has 0 fully saturated rings. The Balaban J connectivity index is 2.41. The van der Waals surface area contributed by atoms with Crippen molar-refractivity contribution in [3.63, 3.8) is 0 Å². The summed E-state index contributed by atoms with van der Waals surface area (Å²) in [7, 11) is 0. The van der Waals surface area contributed by atoms with E-state index in [1.54, 1.807) is 6.92 Å². The highest BCUT2D eigenvalue weighted by Crippen LogP contribution is 2.08. The molecule has 0 aliphatic rings. The van der Waals surface area contributed by atoms with Gasteiger partial charge in [-0.1, -0.05) is 12.1 Å². The summed E-state index contributed by atoms with van der Waals surface area (Å²) in [6, 6.07) is 7.86. The molecule has 1 aromatic carbocycles. The standard InChI is InChI=1S/C11H15NO2/c1-3-14-11(13)8-12-10-6-4-5-9(2)7-10/h4-7,12H,3,8H2,1-2H3. The molecule has 1 aromatic rings. The molecule has 0 radical (unpaired) electrons. The molecule has 3 heteroatoms. The van der Waals surface area contributed by atoms with Crippen LogP contribution < -0.4 is 5.32 Å². The minimum atomic E-state index is -0.228. The Hall–Kier alpha value is -1.51. The summed E-state index contributed by atoms with van der Waals surface area (Å²) in [5.41, 5.74) is 2.11. The fourth-order valence-electron chi connectivity index (χ4n) is 1.14. The highest BCUT2D eigenvalue weighted by atomic mass is 16.5. The van der Waals surface area contributed by atoms with Gasteiger partial charge in [0.1, 0.15) is 6.54 Å². The molecule has 0 aromatic heterocycles. The first-order valence-electron chi connectivity index (χ1n) is 4.68. The van der Waals surface area contributed by atoms with E-state index in [2.05, 4.69) is 5.32 Å². The van der Waals surface area contributed by atoms with Crippen molar-refractivity contribution in [2.75, 3.05) is 18.5 Å². The van der Waals surface area contributed by atoms with Crippen LogP contribution in [0.5, 0.6) is 0 Å². The lowest BCUT2D eigenvalue weighted by molar-refractivity contribution is -0.140. The third kappa shape index (κ3) is 3.47. The molecule has 0 heterocycles. The second kappa shape index (κ2) is 5.27. The number of carbonyl (C=O) groups excluding carboxylic acids is 1. The van der Waals surface area contributed by atoms with E-state index in [1.807, 2.05) is 31.2 Å². The van der Waals surface area contributed by atoms with Crippen molar-refractivity contribution < 1.29 is 9.53 Å². The van der Waals surface area contributed by atoms with Crippen molar-refractivity contribution in [2.24, 2.45) is 0 Å². The van der Waals surface area contributed by atoms with Crippen LogP contribution in [-0.4, -0.2) is 19.1 Å². The number of hydrogen-bond donors (Lipinski definition) is 1. The van der Waals surface area contributed by atoms with E-state index in [1.165, 1.54) is 5.56 Å². The van der Waals surface area contributed by atoms with E-state index in [0.717, 1.165) is 5.69 Å². The number of rotatable bonds is 4. The summed E-state index contributed by atoms with van der Waals surface area (Å²) in [5.74, 6) is -0.228. The molecule has 0 unspecified atom stereocenters. The van der Waals surface area contributed by atoms with Crippen LogP contribution in [0.15, 0.2) is 24.3 Å². The largest absolute Gasteiger partial charge is 0.465 e. The normalized spacial score (nSPS) is 9.57. The van der Waals surface area contributed by atoms with Crippen LogP contribution in [0.1, 0.15) is 12.5 Å². The summed E-state index contributed by atoms with van der Waals surface area (Å²) in [6.07, 6.45) is 0. The lowest BCUT2D eigenvalue weighted by atomic mass is 10.2. The highest BCUT2D eigenvalue weighted by Gasteiger charge is 2.00. The Labute approximate surface area is 84.1 Å². The van der Waals surface area contributed by atoms with Gasteiger partial charge in [0.25, 0.3) is 0 Å². The first-order valence-corrected chi connectivity index (χ1v) is 4.68. The van der Waals surface area contributed by atoms with Crippen LogP contribution in [-0.2, 0) is 9.53 Å². The van der Waals surface area contributed by atoms with E-state index in [9.17, 15) is 4.79 Å². The third-order valence-corrected chi connectivity index (χ3v) is 1.76. The van der Waals surface area contributed by atoms with E-state index in [-0.39, 0.29) is 12.5 Å². The third-order valence-electron chi connectivity index (χ3n) is 1.76. The molecule has 0 saturated carbocycles. The quantitative estimate of drug-likeness (QED) is 0.743. The number of hydrogen-bond acceptors (Lipinski definition) is 3. The lowest BCUT2D eigenvalue weighted by Crippen LogP contribution is -2.16. The fourth-order valence-corrected chi connectivity index (χ4v) is 1.14. The molecule has 0 aliphatic heterocycles. The van der Waals surface area contributed by atoms with Gasteiger partial charge in [0.05, 0.1) is 6.61 Å². The smallest absolute Gasteiger partial charge is 0.325 e. The van der Waals surface area contributed by atoms with Crippen LogP contribution in [0.3, 0.4) is 0 Å². The summed E-state index contributed by atoms with van der Waals surface area (Å²) < 4.78 is 4.79. The van der Waals surface area contributed by atoms with E-state index in [0.29, 0.717) is 6.61 Å². The molecule has 76 valence electrons. The molecule has 1 rings (SSSR count). The van der Waals surface area contributed by atoms with Crippen molar-refractivity contribution in [3.8, 4) is 0 Å². The van der Waals surface area contributed by atoms with Crippen molar-refractivity contribution in [1.29, 1.82) is 0 Å². The Kier molecular flexibility index (Phi) is 3.98. The van der Waals surface area contributed by atoms with Gasteiger partial charge in [-0.2, -0.15) is 0 Å². The lowest BCUT2D eigenvalue weighted by Gasteiger charge is -2.06. The molecule has 0 atom stereocenters. The van der Waals surface area contributed by atoms with Gasteiger partial charge >= 0.3 is 5.97 Å². The van der Waals surface area contributed by atoms with E-state index < -0.39 is 0 Å². The van der Waals surface area contributed by atoms with Gasteiger partial charge in [-0.15, -0.1) is 0 Å². The molecule has 0 bridgehead atoms. The SMILES string of the molecule is CCOC(=O)CNc1cccc(C)c1. The van der Waals surface area contributed by atoms with Crippen LogP contribution in [0.4, 0.5) is 5.69 Å². The zero-order chi connectivity index (χ0) is 10.4. The molecular weight excluding hydrogens is 178 g/mol. The molecule has 1 N–H and O–H groups in total. The first kappa shape index (κ1) is 10.6. The molecule has 3 nitrogen and oxygen atoms in total. The average Bonchev–Trinajstić information content (AvgIpc) is 2.15. The Morgan fingerprint density at radius 3 is 2.93 bits per heavy atom. The van der Waals surface area contributed by atoms with E-state index >= 15 is 0 Å². The molecule has 0 aliphatic carbocycles. The summed E-state index contributed by atoms with van der Waals surface area (Å²) >= 11 is 0. The fraction of sp³-hybridized carbons (Fsp3) is 0.364. The van der Waals surface area contributed by atoms with Crippen LogP contribution in [0.25, 0.3) is 0 Å². The Morgan fingerprint density at radius 2 is 2.29 bits per heavy atom. The van der Waals surface area contributed by atoms with Crippen LogP contribution >= 0.6 is 0 Å². The average molecular weight is 193 g/mol. The number of aryl methyl sites for hydroxylation is 1.